The predicted octanol–water partition coefficient (Wildman–Crippen LogP) is 5.63. The Hall–Kier alpha value is -3.86. The molecular formula is C29H30N2O3. The minimum Gasteiger partial charge on any atom is -0.449 e. The summed E-state index contributed by atoms with van der Waals surface area (Å²) in [6.07, 6.45) is 1.71. The van der Waals surface area contributed by atoms with Crippen LogP contribution in [0.4, 0.5) is 5.69 Å². The Bertz CT molecular complexity index is 1210. The Balaban J connectivity index is 1.66. The molecule has 0 aromatic heterocycles. The zero-order valence-corrected chi connectivity index (χ0v) is 20.0. The first-order valence-corrected chi connectivity index (χ1v) is 11.5. The predicted molar refractivity (Wildman–Crippen MR) is 136 cm³/mol. The lowest BCUT2D eigenvalue weighted by Gasteiger charge is -2.32. The van der Waals surface area contributed by atoms with E-state index in [1.54, 1.807) is 6.08 Å². The van der Waals surface area contributed by atoms with Crippen molar-refractivity contribution in [2.45, 2.75) is 39.2 Å². The number of anilines is 1. The molecule has 0 spiro atoms. The fourth-order valence-electron chi connectivity index (χ4n) is 3.89. The third-order valence-corrected chi connectivity index (χ3v) is 5.87. The van der Waals surface area contributed by atoms with Crippen molar-refractivity contribution in [1.29, 1.82) is 0 Å². The van der Waals surface area contributed by atoms with Crippen LogP contribution >= 0.6 is 0 Å². The van der Waals surface area contributed by atoms with Crippen molar-refractivity contribution in [1.82, 2.24) is 5.32 Å². The first-order chi connectivity index (χ1) is 16.2. The van der Waals surface area contributed by atoms with E-state index >= 15 is 0 Å². The maximum absolute atomic E-state index is 13.5. The van der Waals surface area contributed by atoms with E-state index in [1.807, 2.05) is 85.8 Å². The van der Waals surface area contributed by atoms with E-state index in [4.69, 9.17) is 4.74 Å². The van der Waals surface area contributed by atoms with E-state index in [0.29, 0.717) is 11.4 Å². The van der Waals surface area contributed by atoms with Crippen molar-refractivity contribution < 1.29 is 14.3 Å². The summed E-state index contributed by atoms with van der Waals surface area (Å²) in [4.78, 5) is 28.0. The van der Waals surface area contributed by atoms with Crippen LogP contribution in [0.15, 0.2) is 84.6 Å². The second kappa shape index (κ2) is 9.56. The number of hydrogen-bond donors (Lipinski definition) is 1. The highest BCUT2D eigenvalue weighted by Crippen LogP contribution is 2.39. The molecule has 1 N–H and O–H groups in total. The third-order valence-electron chi connectivity index (χ3n) is 5.87. The first kappa shape index (κ1) is 23.3. The first-order valence-electron chi connectivity index (χ1n) is 11.5. The van der Waals surface area contributed by atoms with Gasteiger partial charge in [0.25, 0.3) is 5.91 Å². The van der Waals surface area contributed by atoms with Gasteiger partial charge in [-0.2, -0.15) is 0 Å². The van der Waals surface area contributed by atoms with Crippen molar-refractivity contribution in [3.05, 3.63) is 101 Å². The fourth-order valence-corrected chi connectivity index (χ4v) is 3.89. The van der Waals surface area contributed by atoms with Gasteiger partial charge in [0.1, 0.15) is 6.54 Å². The molecule has 4 rings (SSSR count). The Morgan fingerprint density at radius 3 is 2.29 bits per heavy atom. The number of amides is 2. The second-order valence-corrected chi connectivity index (χ2v) is 9.55. The highest BCUT2D eigenvalue weighted by Gasteiger charge is 2.33. The van der Waals surface area contributed by atoms with Crippen LogP contribution in [0.3, 0.4) is 0 Å². The van der Waals surface area contributed by atoms with Crippen LogP contribution in [-0.2, 0) is 15.0 Å². The Morgan fingerprint density at radius 2 is 1.65 bits per heavy atom. The van der Waals surface area contributed by atoms with Crippen molar-refractivity contribution in [2.75, 3.05) is 11.4 Å². The second-order valence-electron chi connectivity index (χ2n) is 9.55. The molecule has 0 saturated carbocycles. The molecule has 1 atom stereocenters. The number of nitrogens with one attached hydrogen (secondary N) is 1. The topological polar surface area (TPSA) is 58.6 Å². The largest absolute Gasteiger partial charge is 0.449 e. The quantitative estimate of drug-likeness (QED) is 0.509. The molecular weight excluding hydrogens is 424 g/mol. The number of carbonyl (C=O) groups is 2. The van der Waals surface area contributed by atoms with Crippen LogP contribution in [0.25, 0.3) is 6.08 Å². The molecule has 34 heavy (non-hydrogen) atoms. The molecule has 0 saturated heterocycles. The maximum atomic E-state index is 13.5. The van der Waals surface area contributed by atoms with E-state index in [2.05, 4.69) is 26.1 Å². The van der Waals surface area contributed by atoms with E-state index in [1.165, 1.54) is 4.90 Å². The molecule has 2 amide bonds. The zero-order valence-electron chi connectivity index (χ0n) is 20.0. The van der Waals surface area contributed by atoms with Crippen LogP contribution in [0, 0.1) is 0 Å². The number of rotatable bonds is 5. The lowest BCUT2D eigenvalue weighted by atomic mass is 9.86. The zero-order chi connectivity index (χ0) is 24.3. The normalized spacial score (nSPS) is 15.5. The molecule has 0 fully saturated rings. The van der Waals surface area contributed by atoms with Gasteiger partial charge < -0.3 is 10.1 Å². The van der Waals surface area contributed by atoms with Crippen LogP contribution in [0.1, 0.15) is 50.4 Å². The Labute approximate surface area is 201 Å². The lowest BCUT2D eigenvalue weighted by molar-refractivity contribution is -0.123. The minimum atomic E-state index is -0.343. The third kappa shape index (κ3) is 5.20. The van der Waals surface area contributed by atoms with Gasteiger partial charge in [0.2, 0.25) is 5.91 Å². The van der Waals surface area contributed by atoms with Gasteiger partial charge in [0, 0.05) is 0 Å². The number of carbonyl (C=O) groups excluding carboxylic acids is 2. The van der Waals surface area contributed by atoms with E-state index in [-0.39, 0.29) is 35.6 Å². The number of nitrogens with zero attached hydrogens (tertiary/aromatic N) is 1. The van der Waals surface area contributed by atoms with Gasteiger partial charge in [-0.1, -0.05) is 87.5 Å². The highest BCUT2D eigenvalue weighted by molar-refractivity contribution is 6.12. The monoisotopic (exact) mass is 454 g/mol. The number of ether oxygens (including phenoxy) is 1. The molecule has 1 aliphatic heterocycles. The summed E-state index contributed by atoms with van der Waals surface area (Å²) in [5.41, 5.74) is 3.40. The summed E-state index contributed by atoms with van der Waals surface area (Å²) in [7, 11) is 0. The summed E-state index contributed by atoms with van der Waals surface area (Å²) in [6, 6.07) is 24.9. The summed E-state index contributed by atoms with van der Waals surface area (Å²) >= 11 is 0. The molecule has 1 unspecified atom stereocenters. The van der Waals surface area contributed by atoms with Crippen molar-refractivity contribution >= 4 is 23.6 Å². The van der Waals surface area contributed by atoms with Crippen LogP contribution in [0.2, 0.25) is 0 Å². The molecule has 0 radical (unpaired) electrons. The van der Waals surface area contributed by atoms with E-state index < -0.39 is 0 Å². The summed E-state index contributed by atoms with van der Waals surface area (Å²) in [5.74, 6) is 0.160. The summed E-state index contributed by atoms with van der Waals surface area (Å²) in [6.45, 7) is 8.16. The van der Waals surface area contributed by atoms with Gasteiger partial charge in [-0.25, -0.2) is 0 Å². The average molecular weight is 455 g/mol. The van der Waals surface area contributed by atoms with Gasteiger partial charge in [-0.05, 0) is 47.2 Å². The molecule has 5 nitrogen and oxygen atoms in total. The van der Waals surface area contributed by atoms with E-state index in [0.717, 1.165) is 16.7 Å². The molecule has 5 heteroatoms. The number of hydrogen-bond acceptors (Lipinski definition) is 3. The molecule has 0 aliphatic carbocycles. The number of benzene rings is 3. The van der Waals surface area contributed by atoms with Gasteiger partial charge in [0.05, 0.1) is 11.7 Å². The van der Waals surface area contributed by atoms with Crippen LogP contribution in [0.5, 0.6) is 5.75 Å². The van der Waals surface area contributed by atoms with E-state index in [9.17, 15) is 9.59 Å². The van der Waals surface area contributed by atoms with Gasteiger partial charge >= 0.3 is 0 Å². The van der Waals surface area contributed by atoms with Gasteiger partial charge in [-0.3, -0.25) is 14.5 Å². The maximum Gasteiger partial charge on any atom is 0.294 e. The molecule has 1 aliphatic rings. The average Bonchev–Trinajstić information content (AvgIpc) is 2.82. The standard InChI is InChI=1S/C29H30N2O3/c1-20(22-13-9-6-10-14-22)30-27(32)19-31-24-18-23(29(2,3)4)15-16-25(24)34-26(28(31)33)17-21-11-7-5-8-12-21/h5-18,20H,19H2,1-4H3,(H,30,32). The smallest absolute Gasteiger partial charge is 0.294 e. The lowest BCUT2D eigenvalue weighted by Crippen LogP contribution is -2.44. The van der Waals surface area contributed by atoms with Crippen molar-refractivity contribution in [3.8, 4) is 5.75 Å². The molecule has 1 heterocycles. The molecule has 3 aromatic rings. The van der Waals surface area contributed by atoms with Crippen LogP contribution in [-0.4, -0.2) is 18.4 Å². The van der Waals surface area contributed by atoms with Crippen molar-refractivity contribution in [3.63, 3.8) is 0 Å². The fraction of sp³-hybridized carbons (Fsp3) is 0.241. The van der Waals surface area contributed by atoms with Gasteiger partial charge in [-0.15, -0.1) is 0 Å². The van der Waals surface area contributed by atoms with Crippen LogP contribution < -0.4 is 15.0 Å². The Morgan fingerprint density at radius 1 is 1.00 bits per heavy atom. The molecule has 3 aromatic carbocycles. The van der Waals surface area contributed by atoms with Crippen molar-refractivity contribution in [2.24, 2.45) is 0 Å². The van der Waals surface area contributed by atoms with Gasteiger partial charge in [0.15, 0.2) is 11.5 Å². The molecule has 174 valence electrons. The highest BCUT2D eigenvalue weighted by atomic mass is 16.5. The number of fused-ring (bicyclic) bond motifs is 1. The summed E-state index contributed by atoms with van der Waals surface area (Å²) in [5, 5.41) is 3.01. The summed E-state index contributed by atoms with van der Waals surface area (Å²) < 4.78 is 6.02. The Kier molecular flexibility index (Phi) is 6.55. The SMILES string of the molecule is CC(NC(=O)CN1C(=O)C(=Cc2ccccc2)Oc2ccc(C(C)(C)C)cc21)c1ccccc1. The molecule has 0 bridgehead atoms. The minimum absolute atomic E-state index is 0.105.